The van der Waals surface area contributed by atoms with Crippen LogP contribution < -0.4 is 5.73 Å². The largest absolute Gasteiger partial charge is 0.399 e. The standard InChI is InChI=1S/C16H26N2O2/c1-5-10-18(15(19)16(3,6-2)20-4)12-13-8-7-9-14(17)11-13/h7-9,11H,5-6,10,12,17H2,1-4H3. The number of hydrogen-bond donors (Lipinski definition) is 1. The summed E-state index contributed by atoms with van der Waals surface area (Å²) in [7, 11) is 1.59. The fourth-order valence-corrected chi connectivity index (χ4v) is 2.15. The van der Waals surface area contributed by atoms with Gasteiger partial charge in [0.2, 0.25) is 0 Å². The van der Waals surface area contributed by atoms with Crippen LogP contribution in [0.1, 0.15) is 39.2 Å². The first-order chi connectivity index (χ1) is 9.46. The van der Waals surface area contributed by atoms with Crippen LogP contribution in [0.2, 0.25) is 0 Å². The van der Waals surface area contributed by atoms with Gasteiger partial charge in [0.05, 0.1) is 0 Å². The Hall–Kier alpha value is -1.55. The Morgan fingerprint density at radius 3 is 2.60 bits per heavy atom. The number of nitrogen functional groups attached to an aromatic ring is 1. The third-order valence-corrected chi connectivity index (χ3v) is 3.68. The number of rotatable bonds is 7. The van der Waals surface area contributed by atoms with Gasteiger partial charge in [-0.1, -0.05) is 26.0 Å². The van der Waals surface area contributed by atoms with Crippen molar-refractivity contribution in [3.63, 3.8) is 0 Å². The summed E-state index contributed by atoms with van der Waals surface area (Å²) >= 11 is 0. The topological polar surface area (TPSA) is 55.6 Å². The minimum Gasteiger partial charge on any atom is -0.399 e. The third kappa shape index (κ3) is 3.97. The Balaban J connectivity index is 2.91. The van der Waals surface area contributed by atoms with Gasteiger partial charge < -0.3 is 15.4 Å². The second-order valence-electron chi connectivity index (χ2n) is 5.26. The van der Waals surface area contributed by atoms with Crippen molar-refractivity contribution in [1.82, 2.24) is 4.90 Å². The zero-order chi connectivity index (χ0) is 15.2. The first-order valence-electron chi connectivity index (χ1n) is 7.15. The van der Waals surface area contributed by atoms with Gasteiger partial charge in [0, 0.05) is 25.9 Å². The second-order valence-corrected chi connectivity index (χ2v) is 5.26. The number of carbonyl (C=O) groups is 1. The quantitative estimate of drug-likeness (QED) is 0.780. The lowest BCUT2D eigenvalue weighted by molar-refractivity contribution is -0.154. The van der Waals surface area contributed by atoms with E-state index in [-0.39, 0.29) is 5.91 Å². The van der Waals surface area contributed by atoms with E-state index in [0.29, 0.717) is 19.5 Å². The number of benzene rings is 1. The molecule has 1 rings (SSSR count). The average Bonchev–Trinajstić information content (AvgIpc) is 2.45. The van der Waals surface area contributed by atoms with Crippen molar-refractivity contribution < 1.29 is 9.53 Å². The van der Waals surface area contributed by atoms with E-state index in [1.807, 2.05) is 43.0 Å². The lowest BCUT2D eigenvalue weighted by Crippen LogP contribution is -2.48. The normalized spacial score (nSPS) is 13.8. The Kier molecular flexibility index (Phi) is 6.02. The van der Waals surface area contributed by atoms with E-state index in [0.717, 1.165) is 17.7 Å². The number of hydrogen-bond acceptors (Lipinski definition) is 3. The summed E-state index contributed by atoms with van der Waals surface area (Å²) in [5, 5.41) is 0. The average molecular weight is 278 g/mol. The van der Waals surface area contributed by atoms with Crippen LogP contribution in [0.25, 0.3) is 0 Å². The van der Waals surface area contributed by atoms with E-state index in [2.05, 4.69) is 6.92 Å². The van der Waals surface area contributed by atoms with E-state index in [9.17, 15) is 4.79 Å². The van der Waals surface area contributed by atoms with Crippen molar-refractivity contribution in [1.29, 1.82) is 0 Å². The number of ether oxygens (including phenoxy) is 1. The molecule has 112 valence electrons. The molecule has 0 spiro atoms. The van der Waals surface area contributed by atoms with Gasteiger partial charge in [-0.2, -0.15) is 0 Å². The molecule has 0 heterocycles. The number of nitrogens with zero attached hydrogens (tertiary/aromatic N) is 1. The molecule has 0 aliphatic carbocycles. The molecule has 0 fully saturated rings. The van der Waals surface area contributed by atoms with Crippen molar-refractivity contribution in [2.75, 3.05) is 19.4 Å². The number of anilines is 1. The van der Waals surface area contributed by atoms with Crippen LogP contribution in [-0.4, -0.2) is 30.1 Å². The monoisotopic (exact) mass is 278 g/mol. The summed E-state index contributed by atoms with van der Waals surface area (Å²) in [5.41, 5.74) is 6.80. The molecule has 1 amide bonds. The molecule has 0 radical (unpaired) electrons. The lowest BCUT2D eigenvalue weighted by atomic mass is 10.0. The molecule has 1 atom stereocenters. The van der Waals surface area contributed by atoms with Gasteiger partial charge >= 0.3 is 0 Å². The molecule has 1 aromatic rings. The molecule has 0 aliphatic rings. The molecule has 0 saturated carbocycles. The first-order valence-corrected chi connectivity index (χ1v) is 7.15. The Morgan fingerprint density at radius 1 is 1.40 bits per heavy atom. The first kappa shape index (κ1) is 16.5. The Bertz CT molecular complexity index is 442. The van der Waals surface area contributed by atoms with Crippen molar-refractivity contribution in [2.45, 2.75) is 45.8 Å². The number of carbonyl (C=O) groups excluding carboxylic acids is 1. The summed E-state index contributed by atoms with van der Waals surface area (Å²) in [6, 6.07) is 7.66. The highest BCUT2D eigenvalue weighted by atomic mass is 16.5. The fourth-order valence-electron chi connectivity index (χ4n) is 2.15. The van der Waals surface area contributed by atoms with Crippen LogP contribution in [0.3, 0.4) is 0 Å². The molecule has 20 heavy (non-hydrogen) atoms. The fraction of sp³-hybridized carbons (Fsp3) is 0.562. The summed E-state index contributed by atoms with van der Waals surface area (Å²) in [6.45, 7) is 7.16. The van der Waals surface area contributed by atoms with Crippen LogP contribution in [0.5, 0.6) is 0 Å². The van der Waals surface area contributed by atoms with Gasteiger partial charge in [0.1, 0.15) is 5.60 Å². The molecule has 4 nitrogen and oxygen atoms in total. The maximum absolute atomic E-state index is 12.7. The minimum atomic E-state index is -0.754. The van der Waals surface area contributed by atoms with E-state index in [1.54, 1.807) is 7.11 Å². The van der Waals surface area contributed by atoms with Crippen molar-refractivity contribution >= 4 is 11.6 Å². The highest BCUT2D eigenvalue weighted by Crippen LogP contribution is 2.20. The SMILES string of the molecule is CCCN(Cc1cccc(N)c1)C(=O)C(C)(CC)OC. The molecule has 4 heteroatoms. The van der Waals surface area contributed by atoms with Crippen molar-refractivity contribution in [2.24, 2.45) is 0 Å². The molecular formula is C16H26N2O2. The van der Waals surface area contributed by atoms with E-state index in [1.165, 1.54) is 0 Å². The van der Waals surface area contributed by atoms with Crippen LogP contribution >= 0.6 is 0 Å². The summed E-state index contributed by atoms with van der Waals surface area (Å²) in [6.07, 6.45) is 1.57. The lowest BCUT2D eigenvalue weighted by Gasteiger charge is -2.33. The van der Waals surface area contributed by atoms with Gasteiger partial charge in [-0.15, -0.1) is 0 Å². The van der Waals surface area contributed by atoms with E-state index >= 15 is 0 Å². The summed E-state index contributed by atoms with van der Waals surface area (Å²) in [4.78, 5) is 14.5. The van der Waals surface area contributed by atoms with Gasteiger partial charge in [0.15, 0.2) is 0 Å². The van der Waals surface area contributed by atoms with Crippen LogP contribution in [0.15, 0.2) is 24.3 Å². The zero-order valence-electron chi connectivity index (χ0n) is 13.0. The van der Waals surface area contributed by atoms with Crippen LogP contribution in [0, 0.1) is 0 Å². The van der Waals surface area contributed by atoms with Gasteiger partial charge in [-0.3, -0.25) is 4.79 Å². The predicted octanol–water partition coefficient (Wildman–Crippen LogP) is 2.82. The number of nitrogens with two attached hydrogens (primary N) is 1. The predicted molar refractivity (Wildman–Crippen MR) is 82.3 cm³/mol. The molecule has 0 bridgehead atoms. The maximum atomic E-state index is 12.7. The molecular weight excluding hydrogens is 252 g/mol. The van der Waals surface area contributed by atoms with Crippen molar-refractivity contribution in [3.05, 3.63) is 29.8 Å². The molecule has 0 aliphatic heterocycles. The molecule has 0 saturated heterocycles. The van der Waals surface area contributed by atoms with Crippen molar-refractivity contribution in [3.8, 4) is 0 Å². The van der Waals surface area contributed by atoms with Gasteiger partial charge in [0.25, 0.3) is 5.91 Å². The Labute approximate surface area is 121 Å². The molecule has 1 unspecified atom stereocenters. The summed E-state index contributed by atoms with van der Waals surface area (Å²) in [5.74, 6) is 0.0341. The smallest absolute Gasteiger partial charge is 0.254 e. The molecule has 0 aromatic heterocycles. The highest BCUT2D eigenvalue weighted by Gasteiger charge is 2.34. The van der Waals surface area contributed by atoms with E-state index in [4.69, 9.17) is 10.5 Å². The second kappa shape index (κ2) is 7.29. The minimum absolute atomic E-state index is 0.0341. The summed E-state index contributed by atoms with van der Waals surface area (Å²) < 4.78 is 5.42. The third-order valence-electron chi connectivity index (χ3n) is 3.68. The number of methoxy groups -OCH3 is 1. The zero-order valence-corrected chi connectivity index (χ0v) is 13.0. The van der Waals surface area contributed by atoms with Gasteiger partial charge in [-0.05, 0) is 37.5 Å². The van der Waals surface area contributed by atoms with E-state index < -0.39 is 5.60 Å². The van der Waals surface area contributed by atoms with Crippen LogP contribution in [-0.2, 0) is 16.1 Å². The molecule has 1 aromatic carbocycles. The van der Waals surface area contributed by atoms with Crippen LogP contribution in [0.4, 0.5) is 5.69 Å². The molecule has 2 N–H and O–H groups in total. The highest BCUT2D eigenvalue weighted by molar-refractivity contribution is 5.84. The van der Waals surface area contributed by atoms with Gasteiger partial charge in [-0.25, -0.2) is 0 Å². The Morgan fingerprint density at radius 2 is 2.10 bits per heavy atom. The number of amides is 1. The maximum Gasteiger partial charge on any atom is 0.254 e.